The van der Waals surface area contributed by atoms with Crippen LogP contribution in [0.2, 0.25) is 0 Å². The quantitative estimate of drug-likeness (QED) is 0.613. The van der Waals surface area contributed by atoms with Crippen LogP contribution >= 0.6 is 0 Å². The molecular formula is C8H15NO3. The number of likely N-dealkylation sites (tertiary alicyclic amines) is 1. The molecule has 1 rings (SSSR count). The van der Waals surface area contributed by atoms with Crippen molar-refractivity contribution in [1.29, 1.82) is 0 Å². The van der Waals surface area contributed by atoms with E-state index in [1.807, 2.05) is 0 Å². The van der Waals surface area contributed by atoms with Gasteiger partial charge in [-0.3, -0.25) is 9.69 Å². The van der Waals surface area contributed by atoms with Gasteiger partial charge in [-0.2, -0.15) is 0 Å². The Bertz CT molecular complexity index is 191. The van der Waals surface area contributed by atoms with Crippen LogP contribution in [-0.2, 0) is 4.79 Å². The number of rotatable bonds is 2. The van der Waals surface area contributed by atoms with E-state index in [-0.39, 0.29) is 0 Å². The molecule has 0 radical (unpaired) electrons. The number of hydrogen-bond donors (Lipinski definition) is 2. The van der Waals surface area contributed by atoms with Gasteiger partial charge in [-0.25, -0.2) is 0 Å². The maximum absolute atomic E-state index is 10.6. The number of β-amino-alcohol motifs (C(OH)–C–C–N with tert-alkyl or cyclic N) is 1. The molecule has 2 unspecified atom stereocenters. The van der Waals surface area contributed by atoms with Gasteiger partial charge in [0.25, 0.3) is 0 Å². The first kappa shape index (κ1) is 9.48. The molecule has 0 saturated carbocycles. The fourth-order valence-corrected chi connectivity index (χ4v) is 1.47. The predicted molar refractivity (Wildman–Crippen MR) is 43.9 cm³/mol. The first-order valence-corrected chi connectivity index (χ1v) is 4.12. The Labute approximate surface area is 71.8 Å². The summed E-state index contributed by atoms with van der Waals surface area (Å²) >= 11 is 0. The molecule has 4 heteroatoms. The molecule has 4 nitrogen and oxygen atoms in total. The van der Waals surface area contributed by atoms with E-state index in [2.05, 4.69) is 0 Å². The van der Waals surface area contributed by atoms with Crippen LogP contribution in [0, 0.1) is 0 Å². The van der Waals surface area contributed by atoms with Gasteiger partial charge in [0, 0.05) is 13.1 Å². The van der Waals surface area contributed by atoms with Crippen molar-refractivity contribution in [2.24, 2.45) is 0 Å². The smallest absolute Gasteiger partial charge is 0.320 e. The van der Waals surface area contributed by atoms with Crippen LogP contribution in [0.4, 0.5) is 0 Å². The topological polar surface area (TPSA) is 60.8 Å². The van der Waals surface area contributed by atoms with Crippen molar-refractivity contribution in [2.75, 3.05) is 13.1 Å². The number of nitrogens with zero attached hydrogens (tertiary/aromatic N) is 1. The van der Waals surface area contributed by atoms with E-state index < -0.39 is 17.6 Å². The van der Waals surface area contributed by atoms with Gasteiger partial charge in [0.05, 0.1) is 5.60 Å². The molecule has 1 heterocycles. The summed E-state index contributed by atoms with van der Waals surface area (Å²) in [4.78, 5) is 12.4. The van der Waals surface area contributed by atoms with Gasteiger partial charge in [-0.05, 0) is 20.3 Å². The van der Waals surface area contributed by atoms with Crippen molar-refractivity contribution in [3.05, 3.63) is 0 Å². The van der Waals surface area contributed by atoms with Gasteiger partial charge in [-0.1, -0.05) is 0 Å². The van der Waals surface area contributed by atoms with Gasteiger partial charge in [0.2, 0.25) is 0 Å². The van der Waals surface area contributed by atoms with Crippen molar-refractivity contribution in [2.45, 2.75) is 31.9 Å². The second-order valence-electron chi connectivity index (χ2n) is 3.73. The minimum atomic E-state index is -0.826. The number of hydrogen-bond acceptors (Lipinski definition) is 3. The lowest BCUT2D eigenvalue weighted by atomic mass is 10.1. The molecule has 0 aromatic carbocycles. The van der Waals surface area contributed by atoms with E-state index in [1.165, 1.54) is 0 Å². The molecule has 12 heavy (non-hydrogen) atoms. The minimum Gasteiger partial charge on any atom is -0.480 e. The molecule has 0 aromatic heterocycles. The lowest BCUT2D eigenvalue weighted by Gasteiger charge is -2.21. The van der Waals surface area contributed by atoms with Gasteiger partial charge in [0.1, 0.15) is 6.04 Å². The van der Waals surface area contributed by atoms with E-state index in [0.29, 0.717) is 19.5 Å². The van der Waals surface area contributed by atoms with Gasteiger partial charge in [0.15, 0.2) is 0 Å². The third-order valence-corrected chi connectivity index (χ3v) is 2.39. The Morgan fingerprint density at radius 1 is 1.67 bits per heavy atom. The molecule has 2 atom stereocenters. The zero-order valence-electron chi connectivity index (χ0n) is 7.45. The first-order valence-electron chi connectivity index (χ1n) is 4.12. The maximum atomic E-state index is 10.6. The highest BCUT2D eigenvalue weighted by Crippen LogP contribution is 2.21. The number of carboxylic acids is 1. The van der Waals surface area contributed by atoms with E-state index in [4.69, 9.17) is 5.11 Å². The average molecular weight is 173 g/mol. The summed E-state index contributed by atoms with van der Waals surface area (Å²) in [6, 6.07) is -0.487. The monoisotopic (exact) mass is 173 g/mol. The molecular weight excluding hydrogens is 158 g/mol. The predicted octanol–water partition coefficient (Wildman–Crippen LogP) is -0.0838. The van der Waals surface area contributed by atoms with Gasteiger partial charge < -0.3 is 10.2 Å². The number of carboxylic acid groups (broad SMARTS) is 1. The third-order valence-electron chi connectivity index (χ3n) is 2.39. The van der Waals surface area contributed by atoms with Gasteiger partial charge >= 0.3 is 5.97 Å². The summed E-state index contributed by atoms with van der Waals surface area (Å²) in [7, 11) is 0. The molecule has 0 amide bonds. The van der Waals surface area contributed by atoms with E-state index in [0.717, 1.165) is 0 Å². The van der Waals surface area contributed by atoms with Crippen LogP contribution in [-0.4, -0.2) is 45.8 Å². The molecule has 1 fully saturated rings. The third kappa shape index (κ3) is 1.95. The number of carbonyl (C=O) groups is 1. The molecule has 1 aliphatic rings. The average Bonchev–Trinajstić information content (AvgIpc) is 2.28. The van der Waals surface area contributed by atoms with Gasteiger partial charge in [-0.15, -0.1) is 0 Å². The summed E-state index contributed by atoms with van der Waals surface area (Å²) in [5, 5.41) is 18.3. The maximum Gasteiger partial charge on any atom is 0.320 e. The molecule has 1 saturated heterocycles. The lowest BCUT2D eigenvalue weighted by molar-refractivity contribution is -0.142. The summed E-state index contributed by atoms with van der Waals surface area (Å²) in [5.41, 5.74) is -0.705. The van der Waals surface area contributed by atoms with Crippen LogP contribution in [0.5, 0.6) is 0 Å². The standard InChI is InChI=1S/C8H15NO3/c1-6(7(10)11)9-4-3-8(2,12)5-9/h6,12H,3-5H2,1-2H3,(H,10,11). The second kappa shape index (κ2) is 3.03. The molecule has 1 aliphatic heterocycles. The number of aliphatic hydroxyl groups is 1. The summed E-state index contributed by atoms with van der Waals surface area (Å²) in [5.74, 6) is -0.826. The van der Waals surface area contributed by atoms with Crippen LogP contribution in [0.15, 0.2) is 0 Å². The normalized spacial score (nSPS) is 33.6. The zero-order valence-corrected chi connectivity index (χ0v) is 7.45. The number of aliphatic carboxylic acids is 1. The van der Waals surface area contributed by atoms with Crippen LogP contribution in [0.1, 0.15) is 20.3 Å². The van der Waals surface area contributed by atoms with E-state index in [9.17, 15) is 9.90 Å². The Hall–Kier alpha value is -0.610. The molecule has 0 aliphatic carbocycles. The van der Waals surface area contributed by atoms with E-state index >= 15 is 0 Å². The van der Waals surface area contributed by atoms with Crippen LogP contribution in [0.3, 0.4) is 0 Å². The Balaban J connectivity index is 2.52. The second-order valence-corrected chi connectivity index (χ2v) is 3.73. The Morgan fingerprint density at radius 2 is 2.25 bits per heavy atom. The Morgan fingerprint density at radius 3 is 2.58 bits per heavy atom. The molecule has 70 valence electrons. The molecule has 0 bridgehead atoms. The fraction of sp³-hybridized carbons (Fsp3) is 0.875. The molecule has 0 spiro atoms. The van der Waals surface area contributed by atoms with Crippen LogP contribution in [0.25, 0.3) is 0 Å². The molecule has 2 N–H and O–H groups in total. The largest absolute Gasteiger partial charge is 0.480 e. The summed E-state index contributed by atoms with van der Waals surface area (Å²) in [6.45, 7) is 4.51. The van der Waals surface area contributed by atoms with Crippen LogP contribution < -0.4 is 0 Å². The fourth-order valence-electron chi connectivity index (χ4n) is 1.47. The van der Waals surface area contributed by atoms with E-state index in [1.54, 1.807) is 18.7 Å². The highest BCUT2D eigenvalue weighted by atomic mass is 16.4. The van der Waals surface area contributed by atoms with Crippen molar-refractivity contribution in [3.8, 4) is 0 Å². The van der Waals surface area contributed by atoms with Crippen molar-refractivity contribution in [1.82, 2.24) is 4.90 Å². The highest BCUT2D eigenvalue weighted by molar-refractivity contribution is 5.72. The van der Waals surface area contributed by atoms with Crippen molar-refractivity contribution >= 4 is 5.97 Å². The lowest BCUT2D eigenvalue weighted by Crippen LogP contribution is -2.39. The summed E-state index contributed by atoms with van der Waals surface area (Å²) < 4.78 is 0. The molecule has 0 aromatic rings. The first-order chi connectivity index (χ1) is 5.42. The highest BCUT2D eigenvalue weighted by Gasteiger charge is 2.35. The SMILES string of the molecule is CC(C(=O)O)N1CCC(C)(O)C1. The zero-order chi connectivity index (χ0) is 9.35. The van der Waals surface area contributed by atoms with Crippen molar-refractivity contribution < 1.29 is 15.0 Å². The Kier molecular flexibility index (Phi) is 2.39. The minimum absolute atomic E-state index is 0.459. The van der Waals surface area contributed by atoms with Crippen molar-refractivity contribution in [3.63, 3.8) is 0 Å². The summed E-state index contributed by atoms with van der Waals surface area (Å²) in [6.07, 6.45) is 0.657.